The minimum atomic E-state index is 0.306. The molecule has 0 atom stereocenters. The lowest BCUT2D eigenvalue weighted by Gasteiger charge is -2.20. The first-order valence-corrected chi connectivity index (χ1v) is 7.95. The lowest BCUT2D eigenvalue weighted by Crippen LogP contribution is -2.21. The molecule has 3 aromatic rings. The molecule has 3 heterocycles. The predicted molar refractivity (Wildman–Crippen MR) is 86.9 cm³/mol. The topological polar surface area (TPSA) is 52.4 Å². The summed E-state index contributed by atoms with van der Waals surface area (Å²) in [6.07, 6.45) is 1.84. The molecular weight excluding hydrogens is 304 g/mol. The van der Waals surface area contributed by atoms with E-state index in [0.717, 1.165) is 42.5 Å². The molecule has 0 fully saturated rings. The molecule has 6 heteroatoms. The normalized spacial score (nSPS) is 15.7. The van der Waals surface area contributed by atoms with Crippen molar-refractivity contribution >= 4 is 0 Å². The van der Waals surface area contributed by atoms with Gasteiger partial charge < -0.3 is 9.47 Å². The van der Waals surface area contributed by atoms with E-state index < -0.39 is 0 Å². The van der Waals surface area contributed by atoms with Gasteiger partial charge in [0.15, 0.2) is 11.5 Å². The van der Waals surface area contributed by atoms with Crippen LogP contribution in [0.4, 0.5) is 0 Å². The maximum Gasteiger partial charge on any atom is 0.231 e. The van der Waals surface area contributed by atoms with E-state index in [2.05, 4.69) is 45.5 Å². The number of nitrogens with zero attached hydrogens (tertiary/aromatic N) is 4. The van der Waals surface area contributed by atoms with Crippen LogP contribution in [-0.4, -0.2) is 26.7 Å². The molecule has 6 nitrogen and oxygen atoms in total. The lowest BCUT2D eigenvalue weighted by molar-refractivity contribution is 0.174. The van der Waals surface area contributed by atoms with Crippen molar-refractivity contribution in [2.24, 2.45) is 0 Å². The van der Waals surface area contributed by atoms with E-state index in [1.807, 2.05) is 23.0 Å². The summed E-state index contributed by atoms with van der Waals surface area (Å²) in [6, 6.07) is 14.5. The van der Waals surface area contributed by atoms with Crippen molar-refractivity contribution in [2.45, 2.75) is 19.6 Å². The number of aromatic nitrogens is 3. The zero-order valence-electron chi connectivity index (χ0n) is 13.1. The van der Waals surface area contributed by atoms with Crippen LogP contribution in [-0.2, 0) is 19.6 Å². The maximum atomic E-state index is 5.49. The van der Waals surface area contributed by atoms with Gasteiger partial charge in [-0.15, -0.1) is 5.10 Å². The van der Waals surface area contributed by atoms with Gasteiger partial charge in [0.2, 0.25) is 6.79 Å². The first-order chi connectivity index (χ1) is 11.9. The number of hydrogen-bond donors (Lipinski definition) is 0. The number of para-hydroxylation sites is 1. The summed E-state index contributed by atoms with van der Waals surface area (Å²) in [5, 5.41) is 8.33. The fourth-order valence-electron chi connectivity index (χ4n) is 3.35. The van der Waals surface area contributed by atoms with E-state index >= 15 is 0 Å². The zero-order chi connectivity index (χ0) is 15.9. The third-order valence-corrected chi connectivity index (χ3v) is 4.46. The summed E-state index contributed by atoms with van der Waals surface area (Å²) < 4.78 is 12.8. The van der Waals surface area contributed by atoms with Crippen molar-refractivity contribution in [3.63, 3.8) is 0 Å². The Hall–Kier alpha value is -2.86. The van der Waals surface area contributed by atoms with Gasteiger partial charge in [-0.2, -0.15) is 0 Å². The first kappa shape index (κ1) is 13.6. The minimum Gasteiger partial charge on any atom is -0.454 e. The Morgan fingerprint density at radius 2 is 1.92 bits per heavy atom. The molecule has 0 N–H and O–H groups in total. The quantitative estimate of drug-likeness (QED) is 0.726. The van der Waals surface area contributed by atoms with E-state index in [-0.39, 0.29) is 0 Å². The van der Waals surface area contributed by atoms with Crippen molar-refractivity contribution in [3.8, 4) is 17.2 Å². The zero-order valence-corrected chi connectivity index (χ0v) is 13.1. The molecule has 0 spiro atoms. The van der Waals surface area contributed by atoms with E-state index in [9.17, 15) is 0 Å². The van der Waals surface area contributed by atoms with Crippen LogP contribution in [0, 0.1) is 0 Å². The van der Waals surface area contributed by atoms with Gasteiger partial charge in [-0.05, 0) is 29.3 Å². The molecule has 1 aromatic heterocycles. The Labute approximate surface area is 139 Å². The van der Waals surface area contributed by atoms with Crippen LogP contribution in [0.15, 0.2) is 48.7 Å². The molecule has 2 aliphatic heterocycles. The highest BCUT2D eigenvalue weighted by Crippen LogP contribution is 2.33. The first-order valence-electron chi connectivity index (χ1n) is 7.95. The molecule has 0 saturated carbocycles. The summed E-state index contributed by atoms with van der Waals surface area (Å²) in [6.45, 7) is 2.81. The molecule has 0 amide bonds. The second-order valence-corrected chi connectivity index (χ2v) is 6.10. The number of hydrogen-bond acceptors (Lipinski definition) is 5. The van der Waals surface area contributed by atoms with E-state index in [1.54, 1.807) is 0 Å². The van der Waals surface area contributed by atoms with E-state index in [1.165, 1.54) is 11.1 Å². The average Bonchev–Trinajstić information content (AvgIpc) is 3.21. The van der Waals surface area contributed by atoms with Crippen molar-refractivity contribution in [3.05, 3.63) is 65.5 Å². The molecule has 0 bridgehead atoms. The molecule has 0 aliphatic carbocycles. The Balaban J connectivity index is 1.48. The number of fused-ring (bicyclic) bond motifs is 4. The molecule has 0 saturated heterocycles. The highest BCUT2D eigenvalue weighted by Gasteiger charge is 2.21. The van der Waals surface area contributed by atoms with Gasteiger partial charge in [0.1, 0.15) is 0 Å². The monoisotopic (exact) mass is 320 g/mol. The van der Waals surface area contributed by atoms with Gasteiger partial charge in [0.25, 0.3) is 0 Å². The van der Waals surface area contributed by atoms with Gasteiger partial charge in [-0.1, -0.05) is 29.5 Å². The van der Waals surface area contributed by atoms with Gasteiger partial charge >= 0.3 is 0 Å². The Kier molecular flexibility index (Phi) is 3.02. The highest BCUT2D eigenvalue weighted by atomic mass is 16.7. The second-order valence-electron chi connectivity index (χ2n) is 6.10. The van der Waals surface area contributed by atoms with Crippen LogP contribution in [0.3, 0.4) is 0 Å². The molecule has 0 unspecified atom stereocenters. The van der Waals surface area contributed by atoms with Crippen LogP contribution in [0.5, 0.6) is 11.5 Å². The molecule has 0 radical (unpaired) electrons. The van der Waals surface area contributed by atoms with Crippen LogP contribution in [0.25, 0.3) is 5.69 Å². The molecule has 24 heavy (non-hydrogen) atoms. The predicted octanol–water partition coefficient (Wildman–Crippen LogP) is 2.51. The van der Waals surface area contributed by atoms with Crippen molar-refractivity contribution in [1.29, 1.82) is 0 Å². The summed E-state index contributed by atoms with van der Waals surface area (Å²) in [5.41, 5.74) is 4.67. The Bertz CT molecular complexity index is 906. The fourth-order valence-corrected chi connectivity index (χ4v) is 3.35. The smallest absolute Gasteiger partial charge is 0.231 e. The van der Waals surface area contributed by atoms with Crippen LogP contribution >= 0.6 is 0 Å². The molecule has 5 rings (SSSR count). The van der Waals surface area contributed by atoms with E-state index in [4.69, 9.17) is 9.47 Å². The Morgan fingerprint density at radius 3 is 2.92 bits per heavy atom. The number of rotatable bonds is 2. The standard InChI is InChI=1S/C18H16N4O2/c1-2-4-16-14(3-1)10-21(11-15-8-19-20-22(15)16)9-13-5-6-17-18(7-13)24-12-23-17/h1-8H,9-12H2. The maximum absolute atomic E-state index is 5.49. The van der Waals surface area contributed by atoms with Crippen LogP contribution < -0.4 is 9.47 Å². The third kappa shape index (κ3) is 2.23. The van der Waals surface area contributed by atoms with Crippen molar-refractivity contribution in [1.82, 2.24) is 19.9 Å². The van der Waals surface area contributed by atoms with Crippen LogP contribution in [0.2, 0.25) is 0 Å². The van der Waals surface area contributed by atoms with Gasteiger partial charge in [0.05, 0.1) is 17.6 Å². The molecule has 2 aliphatic rings. The fraction of sp³-hybridized carbons (Fsp3) is 0.222. The highest BCUT2D eigenvalue weighted by molar-refractivity contribution is 5.45. The summed E-state index contributed by atoms with van der Waals surface area (Å²) >= 11 is 0. The average molecular weight is 320 g/mol. The number of ether oxygens (including phenoxy) is 2. The van der Waals surface area contributed by atoms with Gasteiger partial charge in [0, 0.05) is 19.6 Å². The van der Waals surface area contributed by atoms with Gasteiger partial charge in [-0.25, -0.2) is 4.68 Å². The molecule has 120 valence electrons. The molecular formula is C18H16N4O2. The van der Waals surface area contributed by atoms with Crippen molar-refractivity contribution < 1.29 is 9.47 Å². The summed E-state index contributed by atoms with van der Waals surface area (Å²) in [5.74, 6) is 1.65. The SMILES string of the molecule is c1ccc2c(c1)CN(Cc1ccc3c(c1)OCO3)Cc1cnnn1-2. The minimum absolute atomic E-state index is 0.306. The summed E-state index contributed by atoms with van der Waals surface area (Å²) in [4.78, 5) is 2.39. The van der Waals surface area contributed by atoms with E-state index in [0.29, 0.717) is 6.79 Å². The largest absolute Gasteiger partial charge is 0.454 e. The van der Waals surface area contributed by atoms with Crippen LogP contribution in [0.1, 0.15) is 16.8 Å². The molecule has 2 aromatic carbocycles. The third-order valence-electron chi connectivity index (χ3n) is 4.46. The van der Waals surface area contributed by atoms with Gasteiger partial charge in [-0.3, -0.25) is 4.90 Å². The Morgan fingerprint density at radius 1 is 1.00 bits per heavy atom. The summed E-state index contributed by atoms with van der Waals surface area (Å²) in [7, 11) is 0. The second kappa shape index (κ2) is 5.35. The van der Waals surface area contributed by atoms with Crippen molar-refractivity contribution in [2.75, 3.05) is 6.79 Å². The lowest BCUT2D eigenvalue weighted by atomic mass is 10.1. The number of benzene rings is 2.